The van der Waals surface area contributed by atoms with E-state index in [4.69, 9.17) is 0 Å². The van der Waals surface area contributed by atoms with E-state index in [1.165, 1.54) is 12.1 Å². The Morgan fingerprint density at radius 3 is 2.35 bits per heavy atom. The van der Waals surface area contributed by atoms with Gasteiger partial charge in [-0.1, -0.05) is 46.0 Å². The quantitative estimate of drug-likeness (QED) is 0.547. The van der Waals surface area contributed by atoms with Crippen LogP contribution in [0.1, 0.15) is 16.7 Å². The van der Waals surface area contributed by atoms with Crippen molar-refractivity contribution in [1.29, 1.82) is 0 Å². The molecular weight excluding hydrogens is 279 g/mol. The third kappa shape index (κ3) is 3.18. The number of hydrogen-bond acceptors (Lipinski definition) is 0. The topological polar surface area (TPSA) is 0 Å². The second-order valence-electron chi connectivity index (χ2n) is 3.55. The van der Waals surface area contributed by atoms with Crippen molar-refractivity contribution >= 4 is 15.9 Å². The van der Waals surface area contributed by atoms with Crippen molar-refractivity contribution in [3.8, 4) is 11.8 Å². The SMILES string of the molecule is Fc1ccc(C#Cc2ccccc2CBr)cc1. The monoisotopic (exact) mass is 288 g/mol. The van der Waals surface area contributed by atoms with Gasteiger partial charge in [-0.15, -0.1) is 0 Å². The van der Waals surface area contributed by atoms with Gasteiger partial charge in [0, 0.05) is 16.5 Å². The molecule has 2 aromatic carbocycles. The van der Waals surface area contributed by atoms with E-state index in [2.05, 4.69) is 27.8 Å². The van der Waals surface area contributed by atoms with Gasteiger partial charge in [-0.05, 0) is 35.9 Å². The molecule has 0 aliphatic rings. The van der Waals surface area contributed by atoms with Gasteiger partial charge in [-0.2, -0.15) is 0 Å². The molecule has 2 heteroatoms. The van der Waals surface area contributed by atoms with Crippen molar-refractivity contribution in [2.24, 2.45) is 0 Å². The highest BCUT2D eigenvalue weighted by atomic mass is 79.9. The molecule has 0 radical (unpaired) electrons. The summed E-state index contributed by atoms with van der Waals surface area (Å²) in [5.74, 6) is 5.88. The summed E-state index contributed by atoms with van der Waals surface area (Å²) in [6, 6.07) is 14.1. The third-order valence-electron chi connectivity index (χ3n) is 2.35. The second kappa shape index (κ2) is 5.65. The molecule has 0 aliphatic carbocycles. The van der Waals surface area contributed by atoms with Crippen molar-refractivity contribution < 1.29 is 4.39 Å². The van der Waals surface area contributed by atoms with Gasteiger partial charge in [0.1, 0.15) is 5.82 Å². The summed E-state index contributed by atoms with van der Waals surface area (Å²) in [6.07, 6.45) is 0. The van der Waals surface area contributed by atoms with Gasteiger partial charge in [0.15, 0.2) is 0 Å². The van der Waals surface area contributed by atoms with Gasteiger partial charge in [0.05, 0.1) is 0 Å². The lowest BCUT2D eigenvalue weighted by Gasteiger charge is -1.98. The van der Waals surface area contributed by atoms with Crippen LogP contribution in [-0.2, 0) is 5.33 Å². The number of hydrogen-bond donors (Lipinski definition) is 0. The summed E-state index contributed by atoms with van der Waals surface area (Å²) < 4.78 is 12.7. The van der Waals surface area contributed by atoms with Gasteiger partial charge >= 0.3 is 0 Å². The van der Waals surface area contributed by atoms with E-state index in [0.29, 0.717) is 0 Å². The summed E-state index contributed by atoms with van der Waals surface area (Å²) in [5.41, 5.74) is 2.96. The summed E-state index contributed by atoms with van der Waals surface area (Å²) in [5, 5.41) is 0.779. The summed E-state index contributed by atoms with van der Waals surface area (Å²) in [7, 11) is 0. The lowest BCUT2D eigenvalue weighted by atomic mass is 10.1. The maximum absolute atomic E-state index is 12.7. The summed E-state index contributed by atoms with van der Waals surface area (Å²) >= 11 is 3.43. The highest BCUT2D eigenvalue weighted by molar-refractivity contribution is 9.08. The minimum absolute atomic E-state index is 0.239. The van der Waals surface area contributed by atoms with Crippen LogP contribution in [-0.4, -0.2) is 0 Å². The molecule has 0 aliphatic heterocycles. The average molecular weight is 289 g/mol. The number of benzene rings is 2. The molecular formula is C15H10BrF. The van der Waals surface area contributed by atoms with Gasteiger partial charge in [-0.3, -0.25) is 0 Å². The van der Waals surface area contributed by atoms with E-state index in [9.17, 15) is 4.39 Å². The highest BCUT2D eigenvalue weighted by Crippen LogP contribution is 2.11. The average Bonchev–Trinajstić information content (AvgIpc) is 2.38. The standard InChI is InChI=1S/C15H10BrF/c16-11-14-4-2-1-3-13(14)8-5-12-6-9-15(17)10-7-12/h1-4,6-7,9-10H,11H2. The molecule has 84 valence electrons. The molecule has 0 aromatic heterocycles. The minimum Gasteiger partial charge on any atom is -0.207 e. The van der Waals surface area contributed by atoms with Crippen LogP contribution in [0.5, 0.6) is 0 Å². The van der Waals surface area contributed by atoms with Crippen LogP contribution >= 0.6 is 15.9 Å². The Morgan fingerprint density at radius 1 is 0.941 bits per heavy atom. The highest BCUT2D eigenvalue weighted by Gasteiger charge is 1.95. The van der Waals surface area contributed by atoms with E-state index in [1.807, 2.05) is 24.3 Å². The van der Waals surface area contributed by atoms with Crippen LogP contribution in [0.15, 0.2) is 48.5 Å². The van der Waals surface area contributed by atoms with Gasteiger partial charge in [0.25, 0.3) is 0 Å². The molecule has 0 amide bonds. The van der Waals surface area contributed by atoms with Gasteiger partial charge in [0.2, 0.25) is 0 Å². The van der Waals surface area contributed by atoms with Crippen LogP contribution in [0, 0.1) is 17.7 Å². The molecule has 17 heavy (non-hydrogen) atoms. The smallest absolute Gasteiger partial charge is 0.123 e. The fourth-order valence-corrected chi connectivity index (χ4v) is 1.92. The zero-order valence-corrected chi connectivity index (χ0v) is 10.7. The fourth-order valence-electron chi connectivity index (χ4n) is 1.43. The first-order chi connectivity index (χ1) is 8.29. The molecule has 0 N–H and O–H groups in total. The van der Waals surface area contributed by atoms with Gasteiger partial charge in [-0.25, -0.2) is 4.39 Å². The lowest BCUT2D eigenvalue weighted by Crippen LogP contribution is -1.84. The van der Waals surface area contributed by atoms with E-state index >= 15 is 0 Å². The number of rotatable bonds is 1. The molecule has 2 aromatic rings. The normalized spacial score (nSPS) is 9.53. The van der Waals surface area contributed by atoms with Crippen molar-refractivity contribution in [2.45, 2.75) is 5.33 Å². The Balaban J connectivity index is 2.29. The molecule has 0 heterocycles. The molecule has 0 spiro atoms. The lowest BCUT2D eigenvalue weighted by molar-refractivity contribution is 0.627. The van der Waals surface area contributed by atoms with Crippen LogP contribution in [0.4, 0.5) is 4.39 Å². The Morgan fingerprint density at radius 2 is 1.65 bits per heavy atom. The molecule has 0 atom stereocenters. The minimum atomic E-state index is -0.239. The van der Waals surface area contributed by atoms with Gasteiger partial charge < -0.3 is 0 Å². The van der Waals surface area contributed by atoms with E-state index in [-0.39, 0.29) is 5.82 Å². The Kier molecular flexibility index (Phi) is 3.95. The third-order valence-corrected chi connectivity index (χ3v) is 2.95. The molecule has 0 fully saturated rings. The Hall–Kier alpha value is -1.59. The van der Waals surface area contributed by atoms with Crippen LogP contribution in [0.2, 0.25) is 0 Å². The first-order valence-corrected chi connectivity index (χ1v) is 6.33. The number of alkyl halides is 1. The maximum atomic E-state index is 12.7. The zero-order chi connectivity index (χ0) is 12.1. The van der Waals surface area contributed by atoms with Crippen molar-refractivity contribution in [2.75, 3.05) is 0 Å². The zero-order valence-electron chi connectivity index (χ0n) is 9.08. The summed E-state index contributed by atoms with van der Waals surface area (Å²) in [4.78, 5) is 0. The van der Waals surface area contributed by atoms with E-state index in [0.717, 1.165) is 22.0 Å². The van der Waals surface area contributed by atoms with Crippen molar-refractivity contribution in [1.82, 2.24) is 0 Å². The summed E-state index contributed by atoms with van der Waals surface area (Å²) in [6.45, 7) is 0. The molecule has 0 saturated heterocycles. The van der Waals surface area contributed by atoms with Crippen molar-refractivity contribution in [3.05, 3.63) is 71.0 Å². The number of halogens is 2. The van der Waals surface area contributed by atoms with Crippen LogP contribution < -0.4 is 0 Å². The largest absolute Gasteiger partial charge is 0.207 e. The fraction of sp³-hybridized carbons (Fsp3) is 0.0667. The molecule has 2 rings (SSSR count). The van der Waals surface area contributed by atoms with E-state index < -0.39 is 0 Å². The Labute approximate surface area is 109 Å². The first-order valence-electron chi connectivity index (χ1n) is 5.21. The first kappa shape index (κ1) is 11.9. The van der Waals surface area contributed by atoms with Crippen LogP contribution in [0.3, 0.4) is 0 Å². The van der Waals surface area contributed by atoms with Crippen molar-refractivity contribution in [3.63, 3.8) is 0 Å². The second-order valence-corrected chi connectivity index (χ2v) is 4.11. The predicted octanol–water partition coefficient (Wildman–Crippen LogP) is 4.12. The van der Waals surface area contributed by atoms with Crippen LogP contribution in [0.25, 0.3) is 0 Å². The maximum Gasteiger partial charge on any atom is 0.123 e. The molecule has 0 saturated carbocycles. The molecule has 0 unspecified atom stereocenters. The van der Waals surface area contributed by atoms with E-state index in [1.54, 1.807) is 12.1 Å². The molecule has 0 nitrogen and oxygen atoms in total. The molecule has 0 bridgehead atoms. The Bertz CT molecular complexity index is 561. The predicted molar refractivity (Wildman–Crippen MR) is 71.5 cm³/mol.